The largest absolute Gasteiger partial charge is 0.342 e. The van der Waals surface area contributed by atoms with Crippen LogP contribution in [-0.2, 0) is 20.8 Å². The van der Waals surface area contributed by atoms with Crippen molar-refractivity contribution in [1.82, 2.24) is 9.80 Å². The topological polar surface area (TPSA) is 60.9 Å². The number of unbranched alkanes of at least 4 members (excludes halogenated alkanes) is 1. The first-order valence-corrected chi connectivity index (χ1v) is 12.9. The third-order valence-corrected chi connectivity index (χ3v) is 7.67. The van der Waals surface area contributed by atoms with Gasteiger partial charge in [0.25, 0.3) is 0 Å². The summed E-state index contributed by atoms with van der Waals surface area (Å²) in [6.07, 6.45) is 7.44. The van der Waals surface area contributed by atoms with Crippen LogP contribution in [0, 0.1) is 17.8 Å². The first kappa shape index (κ1) is 23.8. The molecule has 1 aromatic rings. The van der Waals surface area contributed by atoms with Crippen LogP contribution in [0.1, 0.15) is 64.4 Å². The average molecular weight is 454 g/mol. The molecule has 3 saturated heterocycles. The molecule has 0 saturated carbocycles. The molecule has 0 radical (unpaired) electrons. The number of hydrogen-bond acceptors (Lipinski definition) is 3. The summed E-state index contributed by atoms with van der Waals surface area (Å²) in [4.78, 5) is 44.5. The number of aryl methyl sites for hydroxylation is 1. The van der Waals surface area contributed by atoms with Crippen LogP contribution in [0.25, 0.3) is 0 Å². The number of rotatable bonds is 6. The van der Waals surface area contributed by atoms with E-state index in [1.807, 2.05) is 21.9 Å². The zero-order chi connectivity index (χ0) is 23.4. The van der Waals surface area contributed by atoms with E-state index in [-0.39, 0.29) is 36.0 Å². The molecule has 0 bridgehead atoms. The Labute approximate surface area is 198 Å². The van der Waals surface area contributed by atoms with Crippen molar-refractivity contribution in [3.8, 4) is 0 Å². The molecule has 3 fully saturated rings. The fraction of sp³-hybridized carbons (Fsp3) is 0.667. The van der Waals surface area contributed by atoms with Gasteiger partial charge in [0.2, 0.25) is 17.7 Å². The Morgan fingerprint density at radius 3 is 2.27 bits per heavy atom. The molecule has 2 atom stereocenters. The molecular weight excluding hydrogens is 414 g/mol. The predicted molar refractivity (Wildman–Crippen MR) is 130 cm³/mol. The van der Waals surface area contributed by atoms with Gasteiger partial charge in [0.05, 0.1) is 5.92 Å². The summed E-state index contributed by atoms with van der Waals surface area (Å²) >= 11 is 0. The Balaban J connectivity index is 1.28. The lowest BCUT2D eigenvalue weighted by Gasteiger charge is -2.37. The van der Waals surface area contributed by atoms with Crippen molar-refractivity contribution in [2.75, 3.05) is 37.6 Å². The standard InChI is InChI=1S/C27H39N3O3/c1-3-4-7-21-8-10-24(11-9-21)30-19-23(17-25(30)31)27(33)28-15-12-22(13-16-28)26(32)29-14-5-6-20(2)18-29/h8-11,20,22-23H,3-7,12-19H2,1-2H3. The van der Waals surface area contributed by atoms with Crippen LogP contribution in [-0.4, -0.2) is 60.2 Å². The number of amides is 3. The van der Waals surface area contributed by atoms with Crippen LogP contribution >= 0.6 is 0 Å². The summed E-state index contributed by atoms with van der Waals surface area (Å²) in [6, 6.07) is 8.21. The maximum absolute atomic E-state index is 13.2. The summed E-state index contributed by atoms with van der Waals surface area (Å²) in [5, 5.41) is 0. The summed E-state index contributed by atoms with van der Waals surface area (Å²) in [6.45, 7) is 7.85. The minimum atomic E-state index is -0.285. The number of hydrogen-bond donors (Lipinski definition) is 0. The van der Waals surface area contributed by atoms with Crippen LogP contribution in [0.5, 0.6) is 0 Å². The van der Waals surface area contributed by atoms with Crippen molar-refractivity contribution in [3.63, 3.8) is 0 Å². The van der Waals surface area contributed by atoms with Crippen molar-refractivity contribution < 1.29 is 14.4 Å². The van der Waals surface area contributed by atoms with Gasteiger partial charge in [0, 0.05) is 50.7 Å². The highest BCUT2D eigenvalue weighted by Crippen LogP contribution is 2.29. The molecule has 0 spiro atoms. The second-order valence-corrected chi connectivity index (χ2v) is 10.3. The minimum Gasteiger partial charge on any atom is -0.342 e. The number of benzene rings is 1. The first-order chi connectivity index (χ1) is 16.0. The number of carbonyl (C=O) groups excluding carboxylic acids is 3. The number of piperidine rings is 2. The van der Waals surface area contributed by atoms with E-state index in [4.69, 9.17) is 0 Å². The van der Waals surface area contributed by atoms with Gasteiger partial charge >= 0.3 is 0 Å². The van der Waals surface area contributed by atoms with Crippen LogP contribution in [0.4, 0.5) is 5.69 Å². The van der Waals surface area contributed by atoms with E-state index in [0.29, 0.717) is 25.6 Å². The van der Waals surface area contributed by atoms with Gasteiger partial charge in [-0.2, -0.15) is 0 Å². The third-order valence-electron chi connectivity index (χ3n) is 7.67. The molecule has 180 valence electrons. The van der Waals surface area contributed by atoms with E-state index in [2.05, 4.69) is 26.0 Å². The highest BCUT2D eigenvalue weighted by molar-refractivity contribution is 6.00. The van der Waals surface area contributed by atoms with E-state index < -0.39 is 0 Å². The van der Waals surface area contributed by atoms with Gasteiger partial charge in [0.1, 0.15) is 0 Å². The lowest BCUT2D eigenvalue weighted by molar-refractivity contribution is -0.143. The van der Waals surface area contributed by atoms with Crippen molar-refractivity contribution >= 4 is 23.4 Å². The first-order valence-electron chi connectivity index (χ1n) is 12.9. The third kappa shape index (κ3) is 5.59. The number of carbonyl (C=O) groups is 3. The van der Waals surface area contributed by atoms with Gasteiger partial charge < -0.3 is 14.7 Å². The predicted octanol–water partition coefficient (Wildman–Crippen LogP) is 3.88. The van der Waals surface area contributed by atoms with E-state index in [9.17, 15) is 14.4 Å². The summed E-state index contributed by atoms with van der Waals surface area (Å²) in [5.74, 6) is 0.708. The van der Waals surface area contributed by atoms with Crippen LogP contribution in [0.2, 0.25) is 0 Å². The second-order valence-electron chi connectivity index (χ2n) is 10.3. The fourth-order valence-electron chi connectivity index (χ4n) is 5.60. The van der Waals surface area contributed by atoms with Crippen LogP contribution in [0.3, 0.4) is 0 Å². The molecule has 2 unspecified atom stereocenters. The molecule has 0 aromatic heterocycles. The molecule has 3 heterocycles. The second kappa shape index (κ2) is 10.7. The van der Waals surface area contributed by atoms with Gasteiger partial charge in [-0.3, -0.25) is 14.4 Å². The molecule has 1 aromatic carbocycles. The quantitative estimate of drug-likeness (QED) is 0.657. The van der Waals surface area contributed by atoms with Crippen LogP contribution in [0.15, 0.2) is 24.3 Å². The van der Waals surface area contributed by atoms with E-state index in [1.54, 1.807) is 4.90 Å². The van der Waals surface area contributed by atoms with E-state index in [1.165, 1.54) is 18.4 Å². The lowest BCUT2D eigenvalue weighted by Crippen LogP contribution is -2.48. The minimum absolute atomic E-state index is 0.0268. The molecule has 3 aliphatic rings. The monoisotopic (exact) mass is 453 g/mol. The lowest BCUT2D eigenvalue weighted by atomic mass is 9.92. The molecule has 3 aliphatic heterocycles. The molecule has 4 rings (SSSR count). The van der Waals surface area contributed by atoms with Crippen molar-refractivity contribution in [3.05, 3.63) is 29.8 Å². The van der Waals surface area contributed by atoms with Gasteiger partial charge in [-0.15, -0.1) is 0 Å². The normalized spacial score (nSPS) is 24.4. The maximum Gasteiger partial charge on any atom is 0.228 e. The Morgan fingerprint density at radius 2 is 1.61 bits per heavy atom. The Bertz CT molecular complexity index is 845. The molecule has 6 nitrogen and oxygen atoms in total. The molecule has 0 N–H and O–H groups in total. The molecule has 33 heavy (non-hydrogen) atoms. The Hall–Kier alpha value is -2.37. The van der Waals surface area contributed by atoms with E-state index in [0.717, 1.165) is 50.9 Å². The maximum atomic E-state index is 13.2. The van der Waals surface area contributed by atoms with Gasteiger partial charge in [-0.05, 0) is 62.1 Å². The van der Waals surface area contributed by atoms with Crippen molar-refractivity contribution in [2.24, 2.45) is 17.8 Å². The van der Waals surface area contributed by atoms with Crippen LogP contribution < -0.4 is 4.90 Å². The highest BCUT2D eigenvalue weighted by Gasteiger charge is 2.39. The fourth-order valence-corrected chi connectivity index (χ4v) is 5.60. The Kier molecular flexibility index (Phi) is 7.71. The van der Waals surface area contributed by atoms with Gasteiger partial charge in [0.15, 0.2) is 0 Å². The zero-order valence-electron chi connectivity index (χ0n) is 20.3. The van der Waals surface area contributed by atoms with E-state index >= 15 is 0 Å². The summed E-state index contributed by atoms with van der Waals surface area (Å²) in [7, 11) is 0. The van der Waals surface area contributed by atoms with Gasteiger partial charge in [-0.25, -0.2) is 0 Å². The van der Waals surface area contributed by atoms with Gasteiger partial charge in [-0.1, -0.05) is 32.4 Å². The molecule has 3 amide bonds. The number of nitrogens with zero attached hydrogens (tertiary/aromatic N) is 3. The van der Waals surface area contributed by atoms with Crippen molar-refractivity contribution in [1.29, 1.82) is 0 Å². The number of anilines is 1. The summed E-state index contributed by atoms with van der Waals surface area (Å²) in [5.41, 5.74) is 2.17. The highest BCUT2D eigenvalue weighted by atomic mass is 16.2. The molecular formula is C27H39N3O3. The molecule has 0 aliphatic carbocycles. The number of likely N-dealkylation sites (tertiary alicyclic amines) is 2. The SMILES string of the molecule is CCCCc1ccc(N2CC(C(=O)N3CCC(C(=O)N4CCCC(C)C4)CC3)CC2=O)cc1. The summed E-state index contributed by atoms with van der Waals surface area (Å²) < 4.78 is 0. The zero-order valence-corrected chi connectivity index (χ0v) is 20.3. The van der Waals surface area contributed by atoms with Crippen molar-refractivity contribution in [2.45, 2.75) is 65.2 Å². The average Bonchev–Trinajstić information content (AvgIpc) is 3.23. The molecule has 6 heteroatoms. The smallest absolute Gasteiger partial charge is 0.228 e. The Morgan fingerprint density at radius 1 is 0.909 bits per heavy atom.